The molecule has 1 N–H and O–H groups in total. The van der Waals surface area contributed by atoms with Gasteiger partial charge < -0.3 is 10.1 Å². The molecule has 0 bridgehead atoms. The van der Waals surface area contributed by atoms with Crippen LogP contribution < -0.4 is 10.1 Å². The van der Waals surface area contributed by atoms with E-state index in [4.69, 9.17) is 4.74 Å². The van der Waals surface area contributed by atoms with Crippen LogP contribution in [0.15, 0.2) is 41.8 Å². The minimum atomic E-state index is -3.75. The molecule has 8 heteroatoms. The Kier molecular flexibility index (Phi) is 4.93. The maximum atomic E-state index is 12.7. The van der Waals surface area contributed by atoms with Crippen LogP contribution in [0.2, 0.25) is 0 Å². The van der Waals surface area contributed by atoms with E-state index in [-0.39, 0.29) is 16.4 Å². The molecule has 2 atom stereocenters. The number of nitrogens with one attached hydrogen (secondary N) is 1. The third-order valence-electron chi connectivity index (χ3n) is 3.61. The molecule has 1 fully saturated rings. The fourth-order valence-corrected chi connectivity index (χ4v) is 7.20. The lowest BCUT2D eigenvalue weighted by atomic mass is 10.2. The van der Waals surface area contributed by atoms with Crippen molar-refractivity contribution in [3.63, 3.8) is 0 Å². The standard InChI is InChI=1S/C14H19NO5S2/c1-3-8-15-13-9-21(16,17)10-14(13)22(18,19)12-6-4-11(20-2)5-7-12/h3-7,13-15H,1,8-10H2,2H3/t13-,14-/m1/s1. The summed E-state index contributed by atoms with van der Waals surface area (Å²) in [6.07, 6.45) is 1.57. The van der Waals surface area contributed by atoms with Gasteiger partial charge in [0.1, 0.15) is 5.75 Å². The number of sulfone groups is 2. The molecule has 0 radical (unpaired) electrons. The van der Waals surface area contributed by atoms with Gasteiger partial charge in [0.2, 0.25) is 0 Å². The Morgan fingerprint density at radius 3 is 2.50 bits per heavy atom. The number of ether oxygens (including phenoxy) is 1. The van der Waals surface area contributed by atoms with Crippen LogP contribution in [-0.4, -0.2) is 53.3 Å². The van der Waals surface area contributed by atoms with Crippen molar-refractivity contribution in [1.82, 2.24) is 5.32 Å². The van der Waals surface area contributed by atoms with Crippen LogP contribution in [0, 0.1) is 0 Å². The second-order valence-electron chi connectivity index (χ2n) is 5.14. The summed E-state index contributed by atoms with van der Waals surface area (Å²) in [4.78, 5) is 0.0980. The van der Waals surface area contributed by atoms with E-state index in [0.29, 0.717) is 12.3 Å². The van der Waals surface area contributed by atoms with E-state index in [1.807, 2.05) is 0 Å². The van der Waals surface area contributed by atoms with E-state index < -0.39 is 31.0 Å². The molecule has 1 aliphatic heterocycles. The topological polar surface area (TPSA) is 89.5 Å². The summed E-state index contributed by atoms with van der Waals surface area (Å²) in [5.74, 6) is -0.00354. The molecular weight excluding hydrogens is 326 g/mol. The van der Waals surface area contributed by atoms with Crippen molar-refractivity contribution in [1.29, 1.82) is 0 Å². The van der Waals surface area contributed by atoms with E-state index in [1.165, 1.54) is 19.2 Å². The van der Waals surface area contributed by atoms with E-state index in [2.05, 4.69) is 11.9 Å². The van der Waals surface area contributed by atoms with Gasteiger partial charge in [-0.2, -0.15) is 0 Å². The Labute approximate surface area is 131 Å². The highest BCUT2D eigenvalue weighted by Crippen LogP contribution is 2.27. The van der Waals surface area contributed by atoms with Gasteiger partial charge in [0, 0.05) is 12.6 Å². The number of rotatable bonds is 6. The molecule has 0 spiro atoms. The first-order chi connectivity index (χ1) is 10.3. The molecule has 2 rings (SSSR count). The third-order valence-corrected chi connectivity index (χ3v) is 7.78. The lowest BCUT2D eigenvalue weighted by Crippen LogP contribution is -2.43. The molecule has 22 heavy (non-hydrogen) atoms. The van der Waals surface area contributed by atoms with E-state index in [1.54, 1.807) is 18.2 Å². The summed E-state index contributed by atoms with van der Waals surface area (Å²) >= 11 is 0. The fourth-order valence-electron chi connectivity index (χ4n) is 2.49. The average Bonchev–Trinajstić information content (AvgIpc) is 2.81. The predicted octanol–water partition coefficient (Wildman–Crippen LogP) is 0.410. The molecule has 6 nitrogen and oxygen atoms in total. The van der Waals surface area contributed by atoms with Gasteiger partial charge in [-0.05, 0) is 24.3 Å². The fraction of sp³-hybridized carbons (Fsp3) is 0.429. The number of hydrogen-bond acceptors (Lipinski definition) is 6. The molecule has 0 aromatic heterocycles. The average molecular weight is 345 g/mol. The number of methoxy groups -OCH3 is 1. The molecule has 0 amide bonds. The minimum absolute atomic E-state index is 0.0980. The van der Waals surface area contributed by atoms with Crippen molar-refractivity contribution < 1.29 is 21.6 Å². The predicted molar refractivity (Wildman–Crippen MR) is 84.6 cm³/mol. The summed E-state index contributed by atoms with van der Waals surface area (Å²) in [5.41, 5.74) is 0. The minimum Gasteiger partial charge on any atom is -0.497 e. The Bertz CT molecular complexity index is 738. The molecule has 122 valence electrons. The molecule has 0 saturated carbocycles. The highest BCUT2D eigenvalue weighted by molar-refractivity contribution is 7.96. The lowest BCUT2D eigenvalue weighted by molar-refractivity contribution is 0.414. The largest absolute Gasteiger partial charge is 0.497 e. The van der Waals surface area contributed by atoms with Crippen LogP contribution in [0.1, 0.15) is 0 Å². The summed E-state index contributed by atoms with van der Waals surface area (Å²) in [6.45, 7) is 3.90. The summed E-state index contributed by atoms with van der Waals surface area (Å²) in [6, 6.07) is 5.33. The Morgan fingerprint density at radius 2 is 1.95 bits per heavy atom. The van der Waals surface area contributed by atoms with E-state index in [9.17, 15) is 16.8 Å². The molecule has 1 aromatic carbocycles. The van der Waals surface area contributed by atoms with Gasteiger partial charge in [0.25, 0.3) is 0 Å². The summed E-state index contributed by atoms with van der Waals surface area (Å²) in [7, 11) is -5.64. The van der Waals surface area contributed by atoms with Crippen molar-refractivity contribution in [2.75, 3.05) is 25.2 Å². The van der Waals surface area contributed by atoms with Gasteiger partial charge in [-0.15, -0.1) is 6.58 Å². The molecule has 0 unspecified atom stereocenters. The molecule has 1 aromatic rings. The van der Waals surface area contributed by atoms with Crippen molar-refractivity contribution in [3.05, 3.63) is 36.9 Å². The van der Waals surface area contributed by atoms with Crippen LogP contribution >= 0.6 is 0 Å². The molecular formula is C14H19NO5S2. The third kappa shape index (κ3) is 3.50. The first-order valence-corrected chi connectivity index (χ1v) is 10.1. The van der Waals surface area contributed by atoms with E-state index >= 15 is 0 Å². The van der Waals surface area contributed by atoms with Gasteiger partial charge >= 0.3 is 0 Å². The highest BCUT2D eigenvalue weighted by atomic mass is 32.2. The lowest BCUT2D eigenvalue weighted by Gasteiger charge is -2.19. The Balaban J connectivity index is 2.34. The van der Waals surface area contributed by atoms with Gasteiger partial charge in [0.15, 0.2) is 19.7 Å². The van der Waals surface area contributed by atoms with Crippen molar-refractivity contribution in [2.24, 2.45) is 0 Å². The molecule has 1 heterocycles. The quantitative estimate of drug-likeness (QED) is 0.751. The SMILES string of the molecule is C=CCN[C@@H]1CS(=O)(=O)C[C@H]1S(=O)(=O)c1ccc(OC)cc1. The zero-order valence-electron chi connectivity index (χ0n) is 12.2. The van der Waals surface area contributed by atoms with Crippen LogP contribution in [0.25, 0.3) is 0 Å². The van der Waals surface area contributed by atoms with Crippen LogP contribution in [0.3, 0.4) is 0 Å². The zero-order valence-corrected chi connectivity index (χ0v) is 13.9. The monoisotopic (exact) mass is 345 g/mol. The van der Waals surface area contributed by atoms with Crippen molar-refractivity contribution in [3.8, 4) is 5.75 Å². The Morgan fingerprint density at radius 1 is 1.32 bits per heavy atom. The zero-order chi connectivity index (χ0) is 16.4. The molecule has 0 aliphatic carbocycles. The van der Waals surface area contributed by atoms with Gasteiger partial charge in [-0.25, -0.2) is 16.8 Å². The summed E-state index contributed by atoms with van der Waals surface area (Å²) in [5, 5.41) is 1.94. The van der Waals surface area contributed by atoms with Crippen LogP contribution in [-0.2, 0) is 19.7 Å². The van der Waals surface area contributed by atoms with Crippen molar-refractivity contribution in [2.45, 2.75) is 16.2 Å². The highest BCUT2D eigenvalue weighted by Gasteiger charge is 2.45. The van der Waals surface area contributed by atoms with Crippen LogP contribution in [0.5, 0.6) is 5.75 Å². The summed E-state index contributed by atoms with van der Waals surface area (Å²) < 4.78 is 54.1. The Hall–Kier alpha value is -1.38. The molecule has 1 saturated heterocycles. The van der Waals surface area contributed by atoms with Gasteiger partial charge in [-0.3, -0.25) is 0 Å². The maximum Gasteiger partial charge on any atom is 0.183 e. The molecule has 1 aliphatic rings. The van der Waals surface area contributed by atoms with Gasteiger partial charge in [-0.1, -0.05) is 6.08 Å². The second kappa shape index (κ2) is 6.39. The van der Waals surface area contributed by atoms with E-state index in [0.717, 1.165) is 0 Å². The smallest absolute Gasteiger partial charge is 0.183 e. The number of benzene rings is 1. The second-order valence-corrected chi connectivity index (χ2v) is 9.46. The first kappa shape index (κ1) is 17.0. The first-order valence-electron chi connectivity index (χ1n) is 6.73. The normalized spacial score (nSPS) is 24.0. The number of hydrogen-bond donors (Lipinski definition) is 1. The van der Waals surface area contributed by atoms with Crippen molar-refractivity contribution >= 4 is 19.7 Å². The van der Waals surface area contributed by atoms with Crippen LogP contribution in [0.4, 0.5) is 0 Å². The van der Waals surface area contributed by atoms with Gasteiger partial charge in [0.05, 0.1) is 28.8 Å². The maximum absolute atomic E-state index is 12.7.